The van der Waals surface area contributed by atoms with Crippen LogP contribution in [0.5, 0.6) is 17.2 Å². The van der Waals surface area contributed by atoms with Crippen molar-refractivity contribution in [1.29, 1.82) is 0 Å². The molecule has 0 unspecified atom stereocenters. The molecule has 0 amide bonds. The molecule has 0 aromatic heterocycles. The number of nitrogens with zero attached hydrogens (tertiary/aromatic N) is 1. The molecular weight excluding hydrogens is 280 g/mol. The van der Waals surface area contributed by atoms with Gasteiger partial charge in [0, 0.05) is 12.1 Å². The van der Waals surface area contributed by atoms with E-state index in [0.29, 0.717) is 17.2 Å². The molecular formula is C17H20N2O3. The second-order valence-electron chi connectivity index (χ2n) is 4.68. The first-order chi connectivity index (χ1) is 10.7. The zero-order chi connectivity index (χ0) is 15.9. The normalized spacial score (nSPS) is 10.5. The van der Waals surface area contributed by atoms with Gasteiger partial charge in [-0.05, 0) is 19.1 Å². The highest BCUT2D eigenvalue weighted by atomic mass is 16.5. The summed E-state index contributed by atoms with van der Waals surface area (Å²) in [5.74, 6) is 1.92. The van der Waals surface area contributed by atoms with Crippen LogP contribution in [0.1, 0.15) is 11.1 Å². The van der Waals surface area contributed by atoms with E-state index in [1.807, 2.05) is 31.2 Å². The third-order valence-corrected chi connectivity index (χ3v) is 3.19. The van der Waals surface area contributed by atoms with Crippen LogP contribution < -0.4 is 19.6 Å². The van der Waals surface area contributed by atoms with Gasteiger partial charge in [-0.3, -0.25) is 5.43 Å². The number of benzene rings is 2. The van der Waals surface area contributed by atoms with Gasteiger partial charge >= 0.3 is 0 Å². The minimum atomic E-state index is 0.630. The van der Waals surface area contributed by atoms with Gasteiger partial charge in [-0.1, -0.05) is 17.7 Å². The molecule has 0 aliphatic carbocycles. The van der Waals surface area contributed by atoms with Crippen molar-refractivity contribution in [3.05, 3.63) is 47.5 Å². The summed E-state index contributed by atoms with van der Waals surface area (Å²) in [4.78, 5) is 0. The van der Waals surface area contributed by atoms with Gasteiger partial charge < -0.3 is 14.2 Å². The highest BCUT2D eigenvalue weighted by Gasteiger charge is 2.11. The molecule has 0 atom stereocenters. The van der Waals surface area contributed by atoms with Crippen molar-refractivity contribution in [2.24, 2.45) is 5.10 Å². The molecule has 22 heavy (non-hydrogen) atoms. The smallest absolute Gasteiger partial charge is 0.135 e. The Bertz CT molecular complexity index is 626. The number of hydrogen-bond donors (Lipinski definition) is 1. The molecule has 0 heterocycles. The van der Waals surface area contributed by atoms with Crippen LogP contribution in [0.4, 0.5) is 5.69 Å². The fraction of sp³-hybridized carbons (Fsp3) is 0.235. The van der Waals surface area contributed by atoms with E-state index in [9.17, 15) is 0 Å². The first kappa shape index (κ1) is 15.7. The standard InChI is InChI=1S/C17H20N2O3/c1-12-5-7-13(8-6-12)19-18-11-15-16(21-3)9-14(20-2)10-17(15)22-4/h5-11,19H,1-4H3/b18-11-. The Kier molecular flexibility index (Phi) is 5.25. The van der Waals surface area contributed by atoms with E-state index in [1.165, 1.54) is 5.56 Å². The Labute approximate surface area is 130 Å². The minimum absolute atomic E-state index is 0.630. The highest BCUT2D eigenvalue weighted by molar-refractivity contribution is 5.88. The maximum atomic E-state index is 5.37. The first-order valence-electron chi connectivity index (χ1n) is 6.83. The van der Waals surface area contributed by atoms with Gasteiger partial charge in [0.1, 0.15) is 17.2 Å². The molecule has 5 heteroatoms. The molecule has 116 valence electrons. The Morgan fingerprint density at radius 2 is 1.50 bits per heavy atom. The third kappa shape index (κ3) is 3.69. The number of ether oxygens (including phenoxy) is 3. The monoisotopic (exact) mass is 300 g/mol. The summed E-state index contributed by atoms with van der Waals surface area (Å²) >= 11 is 0. The summed E-state index contributed by atoms with van der Waals surface area (Å²) in [6, 6.07) is 11.6. The van der Waals surface area contributed by atoms with Crippen LogP contribution in [0, 0.1) is 6.92 Å². The third-order valence-electron chi connectivity index (χ3n) is 3.19. The summed E-state index contributed by atoms with van der Waals surface area (Å²) in [5, 5.41) is 4.24. The van der Waals surface area contributed by atoms with Gasteiger partial charge in [0.05, 0.1) is 38.8 Å². The Balaban J connectivity index is 2.23. The number of rotatable bonds is 6. The zero-order valence-electron chi connectivity index (χ0n) is 13.2. The van der Waals surface area contributed by atoms with E-state index < -0.39 is 0 Å². The van der Waals surface area contributed by atoms with E-state index in [2.05, 4.69) is 10.5 Å². The molecule has 0 fully saturated rings. The predicted molar refractivity (Wildman–Crippen MR) is 88.5 cm³/mol. The Morgan fingerprint density at radius 1 is 0.909 bits per heavy atom. The average Bonchev–Trinajstić information content (AvgIpc) is 2.56. The van der Waals surface area contributed by atoms with E-state index in [1.54, 1.807) is 39.7 Å². The molecule has 0 aliphatic heterocycles. The van der Waals surface area contributed by atoms with Gasteiger partial charge in [0.15, 0.2) is 0 Å². The van der Waals surface area contributed by atoms with E-state index >= 15 is 0 Å². The topological polar surface area (TPSA) is 52.1 Å². The molecule has 0 saturated carbocycles. The van der Waals surface area contributed by atoms with E-state index in [0.717, 1.165) is 11.3 Å². The fourth-order valence-corrected chi connectivity index (χ4v) is 1.96. The Morgan fingerprint density at radius 3 is 2.00 bits per heavy atom. The van der Waals surface area contributed by atoms with Crippen molar-refractivity contribution >= 4 is 11.9 Å². The quantitative estimate of drug-likeness (QED) is 0.655. The van der Waals surface area contributed by atoms with Crippen LogP contribution in [-0.2, 0) is 0 Å². The lowest BCUT2D eigenvalue weighted by Gasteiger charge is -2.12. The second-order valence-corrected chi connectivity index (χ2v) is 4.68. The fourth-order valence-electron chi connectivity index (χ4n) is 1.96. The van der Waals surface area contributed by atoms with Gasteiger partial charge in [-0.2, -0.15) is 5.10 Å². The summed E-state index contributed by atoms with van der Waals surface area (Å²) in [6.07, 6.45) is 1.66. The lowest BCUT2D eigenvalue weighted by molar-refractivity contribution is 0.374. The second kappa shape index (κ2) is 7.36. The van der Waals surface area contributed by atoms with Gasteiger partial charge in [0.2, 0.25) is 0 Å². The largest absolute Gasteiger partial charge is 0.496 e. The molecule has 0 bridgehead atoms. The lowest BCUT2D eigenvalue weighted by atomic mass is 10.2. The summed E-state index contributed by atoms with van der Waals surface area (Å²) in [7, 11) is 4.79. The van der Waals surface area contributed by atoms with Crippen molar-refractivity contribution in [2.45, 2.75) is 6.92 Å². The van der Waals surface area contributed by atoms with E-state index in [4.69, 9.17) is 14.2 Å². The van der Waals surface area contributed by atoms with Crippen LogP contribution in [0.3, 0.4) is 0 Å². The zero-order valence-corrected chi connectivity index (χ0v) is 13.2. The molecule has 2 aromatic carbocycles. The van der Waals surface area contributed by atoms with Crippen LogP contribution in [0.25, 0.3) is 0 Å². The van der Waals surface area contributed by atoms with Crippen LogP contribution in [-0.4, -0.2) is 27.5 Å². The number of aryl methyl sites for hydroxylation is 1. The average molecular weight is 300 g/mol. The van der Waals surface area contributed by atoms with Gasteiger partial charge in [0.25, 0.3) is 0 Å². The van der Waals surface area contributed by atoms with Crippen molar-refractivity contribution in [2.75, 3.05) is 26.8 Å². The predicted octanol–water partition coefficient (Wildman–Crippen LogP) is 3.47. The van der Waals surface area contributed by atoms with Crippen molar-refractivity contribution in [3.8, 4) is 17.2 Å². The number of hydrogen-bond acceptors (Lipinski definition) is 5. The van der Waals surface area contributed by atoms with Crippen molar-refractivity contribution in [3.63, 3.8) is 0 Å². The van der Waals surface area contributed by atoms with Gasteiger partial charge in [-0.15, -0.1) is 0 Å². The SMILES string of the molecule is COc1cc(OC)c(/C=N\Nc2ccc(C)cc2)c(OC)c1. The summed E-state index contributed by atoms with van der Waals surface area (Å²) in [6.45, 7) is 2.04. The molecule has 2 aromatic rings. The molecule has 5 nitrogen and oxygen atoms in total. The number of anilines is 1. The summed E-state index contributed by atoms with van der Waals surface area (Å²) in [5.41, 5.74) is 5.83. The molecule has 0 spiro atoms. The van der Waals surface area contributed by atoms with Gasteiger partial charge in [-0.25, -0.2) is 0 Å². The first-order valence-corrected chi connectivity index (χ1v) is 6.83. The Hall–Kier alpha value is -2.69. The minimum Gasteiger partial charge on any atom is -0.496 e. The molecule has 2 rings (SSSR count). The summed E-state index contributed by atoms with van der Waals surface area (Å²) < 4.78 is 16.0. The van der Waals surface area contributed by atoms with Crippen LogP contribution >= 0.6 is 0 Å². The van der Waals surface area contributed by atoms with Crippen LogP contribution in [0.15, 0.2) is 41.5 Å². The maximum Gasteiger partial charge on any atom is 0.135 e. The number of nitrogens with one attached hydrogen (secondary N) is 1. The molecule has 0 saturated heterocycles. The number of methoxy groups -OCH3 is 3. The van der Waals surface area contributed by atoms with E-state index in [-0.39, 0.29) is 0 Å². The highest BCUT2D eigenvalue weighted by Crippen LogP contribution is 2.32. The van der Waals surface area contributed by atoms with Crippen molar-refractivity contribution in [1.82, 2.24) is 0 Å². The van der Waals surface area contributed by atoms with Crippen molar-refractivity contribution < 1.29 is 14.2 Å². The number of hydrazone groups is 1. The molecule has 0 radical (unpaired) electrons. The lowest BCUT2D eigenvalue weighted by Crippen LogP contribution is -1.99. The molecule has 1 N–H and O–H groups in total. The molecule has 0 aliphatic rings. The maximum absolute atomic E-state index is 5.37. The van der Waals surface area contributed by atoms with Crippen LogP contribution in [0.2, 0.25) is 0 Å².